The number of benzene rings is 1. The smallest absolute Gasteiger partial charge is 0.315 e. The zero-order valence-corrected chi connectivity index (χ0v) is 11.6. The molecule has 2 rings (SSSR count). The van der Waals surface area contributed by atoms with Crippen molar-refractivity contribution in [3.8, 4) is 0 Å². The lowest BCUT2D eigenvalue weighted by Gasteiger charge is -2.09. The number of carbonyl (C=O) groups excluding carboxylic acids is 1. The van der Waals surface area contributed by atoms with Crippen LogP contribution in [0.2, 0.25) is 0 Å². The molecule has 1 aliphatic carbocycles. The molecule has 2 amide bonds. The number of amides is 2. The Labute approximate surface area is 109 Å². The van der Waals surface area contributed by atoms with Crippen molar-refractivity contribution in [1.82, 2.24) is 10.6 Å². The topological polar surface area (TPSA) is 41.1 Å². The van der Waals surface area contributed by atoms with E-state index in [9.17, 15) is 4.79 Å². The van der Waals surface area contributed by atoms with Gasteiger partial charge in [-0.25, -0.2) is 4.79 Å². The molecule has 1 saturated carbocycles. The molecule has 0 atom stereocenters. The number of hydrogen-bond acceptors (Lipinski definition) is 1. The molecule has 1 aliphatic rings. The number of nitrogens with one attached hydrogen (secondary N) is 2. The van der Waals surface area contributed by atoms with Crippen LogP contribution in [-0.2, 0) is 6.54 Å². The minimum Gasteiger partial charge on any atom is -0.334 e. The average molecular weight is 246 g/mol. The second-order valence-corrected chi connectivity index (χ2v) is 6.19. The molecule has 0 unspecified atom stereocenters. The Kier molecular flexibility index (Phi) is 3.09. The number of hydrogen-bond donors (Lipinski definition) is 2. The summed E-state index contributed by atoms with van der Waals surface area (Å²) in [5.74, 6) is 0. The lowest BCUT2D eigenvalue weighted by atomic mass is 10.0. The van der Waals surface area contributed by atoms with Crippen LogP contribution < -0.4 is 10.6 Å². The van der Waals surface area contributed by atoms with E-state index in [0.717, 1.165) is 5.56 Å². The van der Waals surface area contributed by atoms with Gasteiger partial charge in [0, 0.05) is 12.6 Å². The van der Waals surface area contributed by atoms with Crippen molar-refractivity contribution >= 4 is 6.03 Å². The maximum atomic E-state index is 11.8. The van der Waals surface area contributed by atoms with E-state index in [1.807, 2.05) is 30.3 Å². The second kappa shape index (κ2) is 4.30. The molecule has 0 radical (unpaired) electrons. The van der Waals surface area contributed by atoms with Crippen LogP contribution in [0.25, 0.3) is 0 Å². The van der Waals surface area contributed by atoms with Gasteiger partial charge >= 0.3 is 6.03 Å². The van der Waals surface area contributed by atoms with Gasteiger partial charge in [-0.3, -0.25) is 0 Å². The Morgan fingerprint density at radius 1 is 1.11 bits per heavy atom. The highest BCUT2D eigenvalue weighted by Crippen LogP contribution is 2.62. The van der Waals surface area contributed by atoms with Crippen molar-refractivity contribution in [3.63, 3.8) is 0 Å². The second-order valence-electron chi connectivity index (χ2n) is 6.19. The summed E-state index contributed by atoms with van der Waals surface area (Å²) in [6.45, 7) is 9.33. The van der Waals surface area contributed by atoms with E-state index in [-0.39, 0.29) is 22.9 Å². The normalized spacial score (nSPS) is 20.2. The van der Waals surface area contributed by atoms with Crippen LogP contribution in [0, 0.1) is 10.8 Å². The first kappa shape index (κ1) is 12.9. The highest BCUT2D eigenvalue weighted by Gasteiger charge is 2.65. The number of rotatable bonds is 3. The summed E-state index contributed by atoms with van der Waals surface area (Å²) in [4.78, 5) is 11.8. The Morgan fingerprint density at radius 2 is 1.67 bits per heavy atom. The first-order chi connectivity index (χ1) is 8.35. The molecule has 3 nitrogen and oxygen atoms in total. The van der Waals surface area contributed by atoms with Crippen LogP contribution in [0.4, 0.5) is 4.79 Å². The molecule has 0 aromatic heterocycles. The van der Waals surface area contributed by atoms with Crippen molar-refractivity contribution in [3.05, 3.63) is 35.9 Å². The van der Waals surface area contributed by atoms with Crippen LogP contribution in [0.3, 0.4) is 0 Å². The van der Waals surface area contributed by atoms with Gasteiger partial charge in [-0.2, -0.15) is 0 Å². The van der Waals surface area contributed by atoms with E-state index in [1.54, 1.807) is 0 Å². The van der Waals surface area contributed by atoms with Gasteiger partial charge in [0.15, 0.2) is 0 Å². The summed E-state index contributed by atoms with van der Waals surface area (Å²) >= 11 is 0. The van der Waals surface area contributed by atoms with Gasteiger partial charge in [-0.05, 0) is 16.4 Å². The van der Waals surface area contributed by atoms with Crippen molar-refractivity contribution in [1.29, 1.82) is 0 Å². The summed E-state index contributed by atoms with van der Waals surface area (Å²) in [5, 5.41) is 5.95. The predicted molar refractivity (Wildman–Crippen MR) is 73.2 cm³/mol. The third kappa shape index (κ3) is 2.22. The summed E-state index contributed by atoms with van der Waals surface area (Å²) in [6.07, 6.45) is 0. The van der Waals surface area contributed by atoms with E-state index < -0.39 is 0 Å². The zero-order valence-electron chi connectivity index (χ0n) is 11.6. The van der Waals surface area contributed by atoms with Crippen molar-refractivity contribution in [2.45, 2.75) is 40.3 Å². The van der Waals surface area contributed by atoms with E-state index in [4.69, 9.17) is 0 Å². The van der Waals surface area contributed by atoms with Gasteiger partial charge in [-0.15, -0.1) is 0 Å². The zero-order chi connectivity index (χ0) is 13.4. The maximum Gasteiger partial charge on any atom is 0.315 e. The van der Waals surface area contributed by atoms with Gasteiger partial charge in [0.2, 0.25) is 0 Å². The largest absolute Gasteiger partial charge is 0.334 e. The molecule has 98 valence electrons. The summed E-state index contributed by atoms with van der Waals surface area (Å²) < 4.78 is 0. The fourth-order valence-corrected chi connectivity index (χ4v) is 2.52. The molecule has 0 heterocycles. The Hall–Kier alpha value is -1.51. The van der Waals surface area contributed by atoms with Gasteiger partial charge in [-0.1, -0.05) is 58.0 Å². The van der Waals surface area contributed by atoms with E-state index >= 15 is 0 Å². The molecule has 2 N–H and O–H groups in total. The Bertz CT molecular complexity index is 423. The lowest BCUT2D eigenvalue weighted by Crippen LogP contribution is -2.38. The van der Waals surface area contributed by atoms with Gasteiger partial charge < -0.3 is 10.6 Å². The first-order valence-corrected chi connectivity index (χ1v) is 6.44. The number of carbonyl (C=O) groups is 1. The molecule has 3 heteroatoms. The molecule has 0 saturated heterocycles. The minimum atomic E-state index is -0.0810. The predicted octanol–water partition coefficient (Wildman–Crippen LogP) is 2.92. The van der Waals surface area contributed by atoms with Gasteiger partial charge in [0.1, 0.15) is 0 Å². The van der Waals surface area contributed by atoms with Crippen LogP contribution in [0.1, 0.15) is 33.3 Å². The molecule has 1 fully saturated rings. The van der Waals surface area contributed by atoms with Crippen LogP contribution in [0.15, 0.2) is 30.3 Å². The van der Waals surface area contributed by atoms with Gasteiger partial charge in [0.05, 0.1) is 0 Å². The summed E-state index contributed by atoms with van der Waals surface area (Å²) in [7, 11) is 0. The fraction of sp³-hybridized carbons (Fsp3) is 0.533. The van der Waals surface area contributed by atoms with Crippen LogP contribution >= 0.6 is 0 Å². The van der Waals surface area contributed by atoms with Crippen molar-refractivity contribution in [2.24, 2.45) is 10.8 Å². The highest BCUT2D eigenvalue weighted by atomic mass is 16.2. The summed E-state index contributed by atoms with van der Waals surface area (Å²) in [5.41, 5.74) is 1.47. The molecule has 1 aromatic carbocycles. The molecular formula is C15H22N2O. The average Bonchev–Trinajstić information content (AvgIpc) is 2.70. The van der Waals surface area contributed by atoms with Gasteiger partial charge in [0.25, 0.3) is 0 Å². The Morgan fingerprint density at radius 3 is 2.17 bits per heavy atom. The SMILES string of the molecule is CC1(C)C(NC(=O)NCc2ccccc2)C1(C)C. The maximum absolute atomic E-state index is 11.8. The van der Waals surface area contributed by atoms with Crippen LogP contribution in [0.5, 0.6) is 0 Å². The summed E-state index contributed by atoms with van der Waals surface area (Å²) in [6, 6.07) is 10.1. The molecule has 0 bridgehead atoms. The fourth-order valence-electron chi connectivity index (χ4n) is 2.52. The third-order valence-corrected chi connectivity index (χ3v) is 4.59. The standard InChI is InChI=1S/C15H22N2O/c1-14(2)12(15(14,3)4)17-13(18)16-10-11-8-6-5-7-9-11/h5-9,12H,10H2,1-4H3,(H2,16,17,18). The van der Waals surface area contributed by atoms with E-state index in [2.05, 4.69) is 38.3 Å². The quantitative estimate of drug-likeness (QED) is 0.846. The van der Waals surface area contributed by atoms with Crippen molar-refractivity contribution < 1.29 is 4.79 Å². The van der Waals surface area contributed by atoms with Crippen LogP contribution in [-0.4, -0.2) is 12.1 Å². The molecule has 18 heavy (non-hydrogen) atoms. The Balaban J connectivity index is 1.81. The minimum absolute atomic E-state index is 0.0810. The lowest BCUT2D eigenvalue weighted by molar-refractivity contribution is 0.238. The first-order valence-electron chi connectivity index (χ1n) is 6.44. The third-order valence-electron chi connectivity index (χ3n) is 4.59. The van der Waals surface area contributed by atoms with Crippen molar-refractivity contribution in [2.75, 3.05) is 0 Å². The molecule has 0 spiro atoms. The molecular weight excluding hydrogens is 224 g/mol. The highest BCUT2D eigenvalue weighted by molar-refractivity contribution is 5.75. The molecule has 1 aromatic rings. The number of urea groups is 1. The van der Waals surface area contributed by atoms with E-state index in [0.29, 0.717) is 6.54 Å². The van der Waals surface area contributed by atoms with E-state index in [1.165, 1.54) is 0 Å². The molecule has 0 aliphatic heterocycles. The monoisotopic (exact) mass is 246 g/mol.